The Hall–Kier alpha value is -0.620. The van der Waals surface area contributed by atoms with Crippen LogP contribution in [-0.2, 0) is 6.54 Å². The van der Waals surface area contributed by atoms with E-state index in [0.717, 1.165) is 26.2 Å². The van der Waals surface area contributed by atoms with E-state index in [4.69, 9.17) is 11.6 Å². The van der Waals surface area contributed by atoms with Gasteiger partial charge in [0.2, 0.25) is 0 Å². The summed E-state index contributed by atoms with van der Waals surface area (Å²) in [5.41, 5.74) is 0. The maximum atomic E-state index is 9.90. The minimum atomic E-state index is -0.394. The lowest BCUT2D eigenvalue weighted by Crippen LogP contribution is -2.46. The van der Waals surface area contributed by atoms with Gasteiger partial charge in [-0.15, -0.1) is 0 Å². The second-order valence-corrected chi connectivity index (χ2v) is 4.52. The minimum absolute atomic E-state index is 0.394. The zero-order valence-electron chi connectivity index (χ0n) is 9.14. The van der Waals surface area contributed by atoms with Gasteiger partial charge in [-0.2, -0.15) is 5.10 Å². The first-order chi connectivity index (χ1) is 7.74. The molecule has 0 bridgehead atoms. The molecule has 1 aromatic heterocycles. The minimum Gasteiger partial charge on any atom is -0.390 e. The van der Waals surface area contributed by atoms with E-state index in [9.17, 15) is 5.11 Å². The Morgan fingerprint density at radius 2 is 2.19 bits per heavy atom. The molecule has 2 rings (SSSR count). The van der Waals surface area contributed by atoms with Crippen molar-refractivity contribution in [3.8, 4) is 0 Å². The predicted molar refractivity (Wildman–Crippen MR) is 62.6 cm³/mol. The zero-order chi connectivity index (χ0) is 11.4. The van der Waals surface area contributed by atoms with Gasteiger partial charge in [-0.05, 0) is 0 Å². The van der Waals surface area contributed by atoms with Crippen LogP contribution in [0.1, 0.15) is 0 Å². The maximum Gasteiger partial charge on any atom is 0.0862 e. The maximum absolute atomic E-state index is 9.90. The van der Waals surface area contributed by atoms with Crippen molar-refractivity contribution < 1.29 is 5.11 Å². The molecule has 1 atom stereocenters. The first-order valence-corrected chi connectivity index (χ1v) is 5.91. The summed E-state index contributed by atoms with van der Waals surface area (Å²) in [5.74, 6) is 0. The van der Waals surface area contributed by atoms with Crippen LogP contribution < -0.4 is 5.32 Å². The third-order valence-corrected chi connectivity index (χ3v) is 2.87. The van der Waals surface area contributed by atoms with Crippen LogP contribution in [-0.4, -0.2) is 58.6 Å². The summed E-state index contributed by atoms with van der Waals surface area (Å²) >= 11 is 5.75. The monoisotopic (exact) mass is 244 g/mol. The van der Waals surface area contributed by atoms with E-state index >= 15 is 0 Å². The van der Waals surface area contributed by atoms with E-state index in [2.05, 4.69) is 15.3 Å². The lowest BCUT2D eigenvalue weighted by Gasteiger charge is -2.28. The Balaban J connectivity index is 1.77. The van der Waals surface area contributed by atoms with E-state index < -0.39 is 6.10 Å². The van der Waals surface area contributed by atoms with Crippen LogP contribution in [0.2, 0.25) is 5.02 Å². The molecule has 5 nitrogen and oxygen atoms in total. The molecule has 2 heterocycles. The van der Waals surface area contributed by atoms with Crippen molar-refractivity contribution >= 4 is 11.6 Å². The molecule has 0 amide bonds. The second-order valence-electron chi connectivity index (χ2n) is 4.09. The summed E-state index contributed by atoms with van der Waals surface area (Å²) in [6.45, 7) is 5.18. The van der Waals surface area contributed by atoms with Gasteiger partial charge < -0.3 is 10.4 Å². The number of rotatable bonds is 4. The summed E-state index contributed by atoms with van der Waals surface area (Å²) in [7, 11) is 0. The van der Waals surface area contributed by atoms with E-state index in [-0.39, 0.29) is 0 Å². The number of nitrogens with zero attached hydrogens (tertiary/aromatic N) is 3. The molecule has 0 saturated carbocycles. The summed E-state index contributed by atoms with van der Waals surface area (Å²) in [4.78, 5) is 2.26. The lowest BCUT2D eigenvalue weighted by atomic mass is 10.3. The van der Waals surface area contributed by atoms with Crippen molar-refractivity contribution in [3.05, 3.63) is 17.4 Å². The first kappa shape index (κ1) is 11.9. The summed E-state index contributed by atoms with van der Waals surface area (Å²) in [6, 6.07) is 0. The molecular formula is C10H17ClN4O. The molecule has 1 aliphatic rings. The molecule has 6 heteroatoms. The zero-order valence-corrected chi connectivity index (χ0v) is 9.90. The molecule has 0 aliphatic carbocycles. The summed E-state index contributed by atoms with van der Waals surface area (Å²) in [5, 5.41) is 17.8. The van der Waals surface area contributed by atoms with Crippen LogP contribution >= 0.6 is 11.6 Å². The Morgan fingerprint density at radius 1 is 1.44 bits per heavy atom. The van der Waals surface area contributed by atoms with Crippen molar-refractivity contribution in [1.29, 1.82) is 0 Å². The number of halogens is 1. The Bertz CT molecular complexity index is 324. The Labute approximate surface area is 100.0 Å². The molecule has 2 N–H and O–H groups in total. The highest BCUT2D eigenvalue weighted by molar-refractivity contribution is 6.30. The predicted octanol–water partition coefficient (Wildman–Crippen LogP) is -0.197. The van der Waals surface area contributed by atoms with Crippen LogP contribution in [0, 0.1) is 0 Å². The van der Waals surface area contributed by atoms with Gasteiger partial charge in [-0.25, -0.2) is 0 Å². The van der Waals surface area contributed by atoms with Crippen molar-refractivity contribution in [1.82, 2.24) is 20.0 Å². The van der Waals surface area contributed by atoms with Crippen LogP contribution in [0.4, 0.5) is 0 Å². The molecule has 1 aromatic rings. The fourth-order valence-electron chi connectivity index (χ4n) is 1.90. The summed E-state index contributed by atoms with van der Waals surface area (Å²) < 4.78 is 1.68. The van der Waals surface area contributed by atoms with Gasteiger partial charge in [0, 0.05) is 38.9 Å². The van der Waals surface area contributed by atoms with Crippen LogP contribution in [0.25, 0.3) is 0 Å². The standard InChI is InChI=1S/C10H17ClN4O/c11-9-5-13-15(6-9)8-10(16)7-14-3-1-12-2-4-14/h5-6,10,12,16H,1-4,7-8H2. The van der Waals surface area contributed by atoms with Gasteiger partial charge in [0.05, 0.1) is 23.9 Å². The van der Waals surface area contributed by atoms with Gasteiger partial charge in [0.25, 0.3) is 0 Å². The number of aliphatic hydroxyl groups is 1. The molecule has 0 spiro atoms. The van der Waals surface area contributed by atoms with Gasteiger partial charge in [0.15, 0.2) is 0 Å². The lowest BCUT2D eigenvalue weighted by molar-refractivity contribution is 0.0889. The number of β-amino-alcohol motifs (C(OH)–C–C–N with tert-alkyl or cyclic N) is 1. The molecule has 90 valence electrons. The van der Waals surface area contributed by atoms with E-state index in [0.29, 0.717) is 18.1 Å². The largest absolute Gasteiger partial charge is 0.390 e. The molecule has 1 saturated heterocycles. The van der Waals surface area contributed by atoms with Crippen molar-refractivity contribution in [3.63, 3.8) is 0 Å². The highest BCUT2D eigenvalue weighted by Gasteiger charge is 2.14. The molecular weight excluding hydrogens is 228 g/mol. The molecule has 0 aromatic carbocycles. The van der Waals surface area contributed by atoms with Crippen LogP contribution in [0.5, 0.6) is 0 Å². The third-order valence-electron chi connectivity index (χ3n) is 2.68. The third kappa shape index (κ3) is 3.45. The Kier molecular flexibility index (Phi) is 4.17. The van der Waals surface area contributed by atoms with Crippen molar-refractivity contribution in [2.24, 2.45) is 0 Å². The van der Waals surface area contributed by atoms with Crippen molar-refractivity contribution in [2.75, 3.05) is 32.7 Å². The fraction of sp³-hybridized carbons (Fsp3) is 0.700. The van der Waals surface area contributed by atoms with Gasteiger partial charge in [-0.1, -0.05) is 11.6 Å². The average molecular weight is 245 g/mol. The number of aromatic nitrogens is 2. The van der Waals surface area contributed by atoms with E-state index in [1.807, 2.05) is 0 Å². The van der Waals surface area contributed by atoms with Crippen LogP contribution in [0.3, 0.4) is 0 Å². The molecule has 1 aliphatic heterocycles. The van der Waals surface area contributed by atoms with E-state index in [1.165, 1.54) is 0 Å². The molecule has 1 fully saturated rings. The number of hydrogen-bond acceptors (Lipinski definition) is 4. The number of aliphatic hydroxyl groups excluding tert-OH is 1. The molecule has 16 heavy (non-hydrogen) atoms. The Morgan fingerprint density at radius 3 is 2.81 bits per heavy atom. The van der Waals surface area contributed by atoms with Crippen molar-refractivity contribution in [2.45, 2.75) is 12.6 Å². The smallest absolute Gasteiger partial charge is 0.0862 e. The SMILES string of the molecule is OC(CN1CCNCC1)Cn1cc(Cl)cn1. The topological polar surface area (TPSA) is 53.3 Å². The second kappa shape index (κ2) is 5.63. The number of nitrogens with one attached hydrogen (secondary N) is 1. The highest BCUT2D eigenvalue weighted by Crippen LogP contribution is 2.05. The first-order valence-electron chi connectivity index (χ1n) is 5.53. The van der Waals surface area contributed by atoms with Gasteiger partial charge in [-0.3, -0.25) is 9.58 Å². The normalized spacial score (nSPS) is 19.9. The highest BCUT2D eigenvalue weighted by atomic mass is 35.5. The van der Waals surface area contributed by atoms with Crippen LogP contribution in [0.15, 0.2) is 12.4 Å². The summed E-state index contributed by atoms with van der Waals surface area (Å²) in [6.07, 6.45) is 2.91. The quantitative estimate of drug-likeness (QED) is 0.771. The molecule has 0 radical (unpaired) electrons. The van der Waals surface area contributed by atoms with Gasteiger partial charge >= 0.3 is 0 Å². The average Bonchev–Trinajstić information content (AvgIpc) is 2.65. The number of piperazine rings is 1. The fourth-order valence-corrected chi connectivity index (χ4v) is 2.06. The molecule has 1 unspecified atom stereocenters. The van der Waals surface area contributed by atoms with Gasteiger partial charge in [0.1, 0.15) is 0 Å². The van der Waals surface area contributed by atoms with E-state index in [1.54, 1.807) is 17.1 Å². The number of hydrogen-bond donors (Lipinski definition) is 2.